The lowest BCUT2D eigenvalue weighted by molar-refractivity contribution is -0.134. The summed E-state index contributed by atoms with van der Waals surface area (Å²) in [7, 11) is 0. The number of para-hydroxylation sites is 1. The van der Waals surface area contributed by atoms with Gasteiger partial charge in [-0.15, -0.1) is 0 Å². The van der Waals surface area contributed by atoms with Gasteiger partial charge < -0.3 is 14.7 Å². The summed E-state index contributed by atoms with van der Waals surface area (Å²) in [6.07, 6.45) is 0. The molecule has 126 valence electrons. The Hall–Kier alpha value is -1.59. The smallest absolute Gasteiger partial charge is 0.236 e. The van der Waals surface area contributed by atoms with Gasteiger partial charge in [-0.2, -0.15) is 0 Å². The Morgan fingerprint density at radius 1 is 0.870 bits per heavy atom. The molecule has 0 spiro atoms. The molecule has 2 heterocycles. The molecule has 0 saturated carbocycles. The summed E-state index contributed by atoms with van der Waals surface area (Å²) in [5.74, 6) is 0.300. The van der Waals surface area contributed by atoms with E-state index in [1.165, 1.54) is 5.69 Å². The van der Waals surface area contributed by atoms with E-state index in [4.69, 9.17) is 0 Å². The third kappa shape index (κ3) is 4.24. The maximum absolute atomic E-state index is 12.5. The molecule has 2 aliphatic rings. The number of nitrogens with zero attached hydrogens (tertiary/aromatic N) is 4. The minimum absolute atomic E-state index is 0.300. The topological polar surface area (TPSA) is 30.0 Å². The number of carbonyl (C=O) groups excluding carboxylic acids is 1. The molecular weight excluding hydrogens is 288 g/mol. The largest absolute Gasteiger partial charge is 0.369 e. The van der Waals surface area contributed by atoms with Gasteiger partial charge in [-0.25, -0.2) is 0 Å². The molecule has 0 aromatic heterocycles. The lowest BCUT2D eigenvalue weighted by Crippen LogP contribution is -2.53. The fourth-order valence-corrected chi connectivity index (χ4v) is 3.41. The first-order chi connectivity index (χ1) is 11.3. The van der Waals surface area contributed by atoms with Crippen molar-refractivity contribution in [2.24, 2.45) is 0 Å². The van der Waals surface area contributed by atoms with Crippen molar-refractivity contribution in [2.75, 3.05) is 70.3 Å². The Bertz CT molecular complexity index is 491. The number of amides is 1. The van der Waals surface area contributed by atoms with Gasteiger partial charge in [-0.3, -0.25) is 9.69 Å². The van der Waals surface area contributed by atoms with Crippen molar-refractivity contribution in [1.29, 1.82) is 0 Å². The molecule has 1 aromatic carbocycles. The van der Waals surface area contributed by atoms with Crippen molar-refractivity contribution in [3.63, 3.8) is 0 Å². The Morgan fingerprint density at radius 3 is 2.09 bits per heavy atom. The van der Waals surface area contributed by atoms with Gasteiger partial charge >= 0.3 is 0 Å². The predicted molar refractivity (Wildman–Crippen MR) is 93.8 cm³/mol. The van der Waals surface area contributed by atoms with Crippen LogP contribution in [-0.4, -0.2) is 86.1 Å². The minimum atomic E-state index is 0.300. The van der Waals surface area contributed by atoms with Gasteiger partial charge in [0.05, 0.1) is 6.54 Å². The Labute approximate surface area is 139 Å². The SMILES string of the molecule is CCN1CCN(C(=O)CN2CCN(c3ccccc3)CC2)CC1. The molecular formula is C18H28N4O. The van der Waals surface area contributed by atoms with Crippen LogP contribution >= 0.6 is 0 Å². The van der Waals surface area contributed by atoms with Gasteiger partial charge in [-0.1, -0.05) is 25.1 Å². The maximum Gasteiger partial charge on any atom is 0.236 e. The Morgan fingerprint density at radius 2 is 1.48 bits per heavy atom. The first kappa shape index (κ1) is 16.3. The monoisotopic (exact) mass is 316 g/mol. The summed E-state index contributed by atoms with van der Waals surface area (Å²) in [4.78, 5) is 21.6. The van der Waals surface area contributed by atoms with Crippen LogP contribution in [0.1, 0.15) is 6.92 Å². The van der Waals surface area contributed by atoms with Crippen molar-refractivity contribution in [3.8, 4) is 0 Å². The highest BCUT2D eigenvalue weighted by atomic mass is 16.2. The zero-order valence-electron chi connectivity index (χ0n) is 14.2. The molecule has 0 bridgehead atoms. The minimum Gasteiger partial charge on any atom is -0.369 e. The molecule has 23 heavy (non-hydrogen) atoms. The highest BCUT2D eigenvalue weighted by Crippen LogP contribution is 2.15. The molecule has 0 unspecified atom stereocenters. The number of piperazine rings is 2. The quantitative estimate of drug-likeness (QED) is 0.828. The summed E-state index contributed by atoms with van der Waals surface area (Å²) in [6, 6.07) is 10.5. The van der Waals surface area contributed by atoms with E-state index in [1.807, 2.05) is 4.90 Å². The molecule has 5 nitrogen and oxygen atoms in total. The van der Waals surface area contributed by atoms with Crippen LogP contribution in [0.2, 0.25) is 0 Å². The molecule has 1 aromatic rings. The lowest BCUT2D eigenvalue weighted by Gasteiger charge is -2.38. The fraction of sp³-hybridized carbons (Fsp3) is 0.611. The van der Waals surface area contributed by atoms with Crippen LogP contribution < -0.4 is 4.90 Å². The van der Waals surface area contributed by atoms with Gasteiger partial charge in [0.2, 0.25) is 5.91 Å². The molecule has 2 aliphatic heterocycles. The average Bonchev–Trinajstić information content (AvgIpc) is 2.63. The number of carbonyl (C=O) groups is 1. The molecule has 0 N–H and O–H groups in total. The van der Waals surface area contributed by atoms with Crippen LogP contribution in [0, 0.1) is 0 Å². The van der Waals surface area contributed by atoms with E-state index in [-0.39, 0.29) is 0 Å². The third-order valence-electron chi connectivity index (χ3n) is 5.02. The van der Waals surface area contributed by atoms with E-state index in [0.717, 1.165) is 58.9 Å². The first-order valence-corrected chi connectivity index (χ1v) is 8.78. The van der Waals surface area contributed by atoms with Crippen LogP contribution in [0.3, 0.4) is 0 Å². The van der Waals surface area contributed by atoms with E-state index in [2.05, 4.69) is 52.0 Å². The molecule has 0 aliphatic carbocycles. The van der Waals surface area contributed by atoms with Crippen LogP contribution in [0.5, 0.6) is 0 Å². The third-order valence-corrected chi connectivity index (χ3v) is 5.02. The second kappa shape index (κ2) is 7.79. The van der Waals surface area contributed by atoms with Crippen LogP contribution in [0.4, 0.5) is 5.69 Å². The van der Waals surface area contributed by atoms with Gasteiger partial charge in [0.1, 0.15) is 0 Å². The number of rotatable bonds is 4. The number of benzene rings is 1. The summed E-state index contributed by atoms with van der Waals surface area (Å²) >= 11 is 0. The molecule has 5 heteroatoms. The lowest BCUT2D eigenvalue weighted by atomic mass is 10.2. The average molecular weight is 316 g/mol. The van der Waals surface area contributed by atoms with Gasteiger partial charge in [0.25, 0.3) is 0 Å². The first-order valence-electron chi connectivity index (χ1n) is 8.78. The molecule has 1 amide bonds. The van der Waals surface area contributed by atoms with Crippen LogP contribution in [-0.2, 0) is 4.79 Å². The number of likely N-dealkylation sites (N-methyl/N-ethyl adjacent to an activating group) is 1. The van der Waals surface area contributed by atoms with E-state index in [9.17, 15) is 4.79 Å². The number of hydrogen-bond acceptors (Lipinski definition) is 4. The molecule has 2 fully saturated rings. The van der Waals surface area contributed by atoms with Crippen molar-refractivity contribution >= 4 is 11.6 Å². The summed E-state index contributed by atoms with van der Waals surface area (Å²) in [5, 5.41) is 0. The highest BCUT2D eigenvalue weighted by molar-refractivity contribution is 5.78. The van der Waals surface area contributed by atoms with Gasteiger partial charge in [0.15, 0.2) is 0 Å². The van der Waals surface area contributed by atoms with Crippen molar-refractivity contribution in [1.82, 2.24) is 14.7 Å². The molecule has 3 rings (SSSR count). The Kier molecular flexibility index (Phi) is 5.51. The summed E-state index contributed by atoms with van der Waals surface area (Å²) in [5.41, 5.74) is 1.29. The van der Waals surface area contributed by atoms with Crippen LogP contribution in [0.15, 0.2) is 30.3 Å². The highest BCUT2D eigenvalue weighted by Gasteiger charge is 2.24. The van der Waals surface area contributed by atoms with E-state index in [1.54, 1.807) is 0 Å². The van der Waals surface area contributed by atoms with Crippen LogP contribution in [0.25, 0.3) is 0 Å². The van der Waals surface area contributed by atoms with Crippen molar-refractivity contribution < 1.29 is 4.79 Å². The predicted octanol–water partition coefficient (Wildman–Crippen LogP) is 0.973. The van der Waals surface area contributed by atoms with E-state index >= 15 is 0 Å². The standard InChI is InChI=1S/C18H28N4O/c1-2-19-8-14-22(15-9-19)18(23)16-20-10-12-21(13-11-20)17-6-4-3-5-7-17/h3-7H,2,8-16H2,1H3. The number of anilines is 1. The molecule has 2 saturated heterocycles. The van der Waals surface area contributed by atoms with Crippen molar-refractivity contribution in [3.05, 3.63) is 30.3 Å². The Balaban J connectivity index is 1.43. The zero-order chi connectivity index (χ0) is 16.1. The molecule has 0 radical (unpaired) electrons. The summed E-state index contributed by atoms with van der Waals surface area (Å²) < 4.78 is 0. The second-order valence-corrected chi connectivity index (χ2v) is 6.41. The maximum atomic E-state index is 12.5. The second-order valence-electron chi connectivity index (χ2n) is 6.41. The fourth-order valence-electron chi connectivity index (χ4n) is 3.41. The zero-order valence-corrected chi connectivity index (χ0v) is 14.2. The van der Waals surface area contributed by atoms with Gasteiger partial charge in [0, 0.05) is 58.0 Å². The van der Waals surface area contributed by atoms with E-state index < -0.39 is 0 Å². The van der Waals surface area contributed by atoms with E-state index in [0.29, 0.717) is 12.5 Å². The van der Waals surface area contributed by atoms with Gasteiger partial charge in [-0.05, 0) is 18.7 Å². The number of hydrogen-bond donors (Lipinski definition) is 0. The normalized spacial score (nSPS) is 20.7. The van der Waals surface area contributed by atoms with Crippen molar-refractivity contribution in [2.45, 2.75) is 6.92 Å². The molecule has 0 atom stereocenters. The summed E-state index contributed by atoms with van der Waals surface area (Å²) in [6.45, 7) is 11.6.